The van der Waals surface area contributed by atoms with Gasteiger partial charge in [-0.05, 0) is 66.0 Å². The summed E-state index contributed by atoms with van der Waals surface area (Å²) in [4.78, 5) is 58.5. The molecule has 2 bridgehead atoms. The summed E-state index contributed by atoms with van der Waals surface area (Å²) < 4.78 is 49.2. The standard InChI is InChI=1S/C38H27BrF3N3O5S2/c39-18-12-13-26(50-16-27(46)43-24-10-5-7-17-6-1-2-8-19(17)24)20(14-18)28-29-21-15-22(32(29)51-34-33(28)52-37(49)44-34)31-30(21)35(47)45(36(31)48)25-11-4-3-9-23(25)38(40,41)42/h1-14,21-22,28-32H,15-16H2,(H,43,46)(H,44,49)/t21-,22-,28+,29-,30+,31+,32-/m1/s1. The molecule has 1 saturated heterocycles. The molecule has 3 heterocycles. The maximum absolute atomic E-state index is 14.2. The number of hydrogen-bond donors (Lipinski definition) is 2. The minimum Gasteiger partial charge on any atom is -0.483 e. The zero-order valence-corrected chi connectivity index (χ0v) is 30.1. The van der Waals surface area contributed by atoms with Gasteiger partial charge in [0.15, 0.2) is 6.61 Å². The molecule has 8 nitrogen and oxygen atoms in total. The summed E-state index contributed by atoms with van der Waals surface area (Å²) in [5.41, 5.74) is -0.122. The van der Waals surface area contributed by atoms with E-state index in [1.54, 1.807) is 12.1 Å². The van der Waals surface area contributed by atoms with Gasteiger partial charge in [0.1, 0.15) is 5.75 Å². The van der Waals surface area contributed by atoms with Crippen molar-refractivity contribution in [3.8, 4) is 5.75 Å². The molecule has 52 heavy (non-hydrogen) atoms. The van der Waals surface area contributed by atoms with E-state index in [1.165, 1.54) is 30.0 Å². The van der Waals surface area contributed by atoms with Crippen LogP contribution in [0.15, 0.2) is 99.2 Å². The number of aromatic nitrogens is 1. The van der Waals surface area contributed by atoms with Gasteiger partial charge in [-0.3, -0.25) is 19.2 Å². The van der Waals surface area contributed by atoms with Crippen molar-refractivity contribution < 1.29 is 32.3 Å². The van der Waals surface area contributed by atoms with Crippen molar-refractivity contribution in [3.63, 3.8) is 0 Å². The maximum atomic E-state index is 14.2. The van der Waals surface area contributed by atoms with Gasteiger partial charge in [0.25, 0.3) is 5.91 Å². The fourth-order valence-electron chi connectivity index (χ4n) is 9.07. The number of halogens is 4. The molecule has 2 saturated carbocycles. The number of carbonyl (C=O) groups is 3. The first kappa shape index (κ1) is 33.4. The summed E-state index contributed by atoms with van der Waals surface area (Å²) in [6.45, 7) is -0.305. The molecule has 4 aliphatic rings. The minimum absolute atomic E-state index is 0.204. The number of rotatable bonds is 6. The van der Waals surface area contributed by atoms with Gasteiger partial charge in [0, 0.05) is 37.2 Å². The second-order valence-electron chi connectivity index (χ2n) is 13.5. The molecule has 3 fully saturated rings. The molecule has 0 unspecified atom stereocenters. The quantitative estimate of drug-likeness (QED) is 0.168. The summed E-state index contributed by atoms with van der Waals surface area (Å²) in [6.07, 6.45) is -4.21. The van der Waals surface area contributed by atoms with Gasteiger partial charge in [-0.1, -0.05) is 75.8 Å². The average molecular weight is 807 g/mol. The number of aromatic amines is 1. The Morgan fingerprint density at radius 1 is 0.942 bits per heavy atom. The number of nitrogens with zero attached hydrogens (tertiary/aromatic N) is 1. The highest BCUT2D eigenvalue weighted by Crippen LogP contribution is 2.69. The molecule has 3 amide bonds. The highest BCUT2D eigenvalue weighted by molar-refractivity contribution is 9.10. The first-order valence-corrected chi connectivity index (χ1v) is 19.1. The molecule has 4 aromatic carbocycles. The van der Waals surface area contributed by atoms with Crippen LogP contribution in [0.25, 0.3) is 10.8 Å². The number of amides is 3. The van der Waals surface area contributed by atoms with Crippen LogP contribution in [0.1, 0.15) is 28.3 Å². The van der Waals surface area contributed by atoms with E-state index in [4.69, 9.17) is 4.74 Å². The summed E-state index contributed by atoms with van der Waals surface area (Å²) >= 11 is 6.13. The number of thioether (sulfide) groups is 1. The molecule has 2 aliphatic carbocycles. The number of anilines is 2. The molecule has 14 heteroatoms. The zero-order valence-electron chi connectivity index (χ0n) is 26.9. The highest BCUT2D eigenvalue weighted by atomic mass is 79.9. The lowest BCUT2D eigenvalue weighted by Crippen LogP contribution is -2.42. The van der Waals surface area contributed by atoms with Gasteiger partial charge in [-0.2, -0.15) is 13.2 Å². The molecule has 9 rings (SSSR count). The van der Waals surface area contributed by atoms with Crippen molar-refractivity contribution in [2.45, 2.75) is 28.8 Å². The Hall–Kier alpha value is -4.40. The van der Waals surface area contributed by atoms with Crippen molar-refractivity contribution in [3.05, 3.63) is 115 Å². The van der Waals surface area contributed by atoms with Gasteiger partial charge in [-0.25, -0.2) is 4.90 Å². The molecule has 264 valence electrons. The highest BCUT2D eigenvalue weighted by Gasteiger charge is 2.70. The van der Waals surface area contributed by atoms with E-state index >= 15 is 0 Å². The number of nitrogens with one attached hydrogen (secondary N) is 2. The van der Waals surface area contributed by atoms with Gasteiger partial charge in [-0.15, -0.1) is 11.8 Å². The molecule has 1 aromatic heterocycles. The lowest BCUT2D eigenvalue weighted by molar-refractivity contribution is -0.137. The number of imide groups is 1. The van der Waals surface area contributed by atoms with Gasteiger partial charge >= 0.3 is 11.0 Å². The van der Waals surface area contributed by atoms with E-state index in [2.05, 4.69) is 26.2 Å². The number of H-pyrrole nitrogens is 1. The summed E-state index contributed by atoms with van der Waals surface area (Å²) in [6, 6.07) is 23.5. The van der Waals surface area contributed by atoms with Crippen molar-refractivity contribution in [1.29, 1.82) is 0 Å². The topological polar surface area (TPSA) is 109 Å². The molecule has 2 N–H and O–H groups in total. The number of alkyl halides is 3. The molecule has 7 atom stereocenters. The lowest BCUT2D eigenvalue weighted by atomic mass is 9.68. The van der Waals surface area contributed by atoms with Crippen LogP contribution in [0.3, 0.4) is 0 Å². The Bertz CT molecular complexity index is 2370. The molecule has 2 aliphatic heterocycles. The molecular weight excluding hydrogens is 779 g/mol. The predicted octanol–water partition coefficient (Wildman–Crippen LogP) is 8.07. The Balaban J connectivity index is 1.06. The van der Waals surface area contributed by atoms with Crippen LogP contribution in [0.2, 0.25) is 0 Å². The van der Waals surface area contributed by atoms with Crippen molar-refractivity contribution >= 4 is 78.9 Å². The average Bonchev–Trinajstić information content (AvgIpc) is 3.86. The normalized spacial score (nSPS) is 26.0. The van der Waals surface area contributed by atoms with Crippen molar-refractivity contribution in [2.24, 2.45) is 29.6 Å². The van der Waals surface area contributed by atoms with Crippen LogP contribution in [0.4, 0.5) is 24.5 Å². The number of para-hydroxylation sites is 1. The van der Waals surface area contributed by atoms with E-state index in [0.717, 1.165) is 42.4 Å². The number of fused-ring (bicyclic) bond motifs is 10. The predicted molar refractivity (Wildman–Crippen MR) is 195 cm³/mol. The Morgan fingerprint density at radius 2 is 1.67 bits per heavy atom. The Morgan fingerprint density at radius 3 is 2.48 bits per heavy atom. The molecule has 0 radical (unpaired) electrons. The van der Waals surface area contributed by atoms with Crippen LogP contribution >= 0.6 is 39.0 Å². The van der Waals surface area contributed by atoms with Crippen LogP contribution in [-0.2, 0) is 20.6 Å². The van der Waals surface area contributed by atoms with Crippen molar-refractivity contribution in [1.82, 2.24) is 4.98 Å². The first-order valence-electron chi connectivity index (χ1n) is 16.6. The van der Waals surface area contributed by atoms with E-state index in [9.17, 15) is 32.3 Å². The second kappa shape index (κ2) is 12.3. The van der Waals surface area contributed by atoms with Gasteiger partial charge < -0.3 is 15.0 Å². The largest absolute Gasteiger partial charge is 0.483 e. The number of thiazole rings is 1. The minimum atomic E-state index is -4.76. The smallest absolute Gasteiger partial charge is 0.418 e. The molecule has 5 aromatic rings. The third-order valence-corrected chi connectivity index (χ3v) is 14.0. The Labute approximate surface area is 310 Å². The number of carbonyl (C=O) groups excluding carboxylic acids is 3. The lowest BCUT2D eigenvalue weighted by Gasteiger charge is -2.43. The number of ether oxygens (including phenoxy) is 1. The SMILES string of the molecule is O=C(COc1ccc(Br)cc1[C@@H]1c2sc(=O)[nH]c2S[C@@H]2[C@@H]3C[C@@H]([C@@H]4C(=O)N(c5ccccc5C(F)(F)F)C(=O)[C@@H]34)[C@H]12)Nc1cccc2ccccc12. The second-order valence-corrected chi connectivity index (χ2v) is 16.7. The van der Waals surface area contributed by atoms with E-state index in [1.807, 2.05) is 48.5 Å². The Kier molecular flexibility index (Phi) is 7.94. The van der Waals surface area contributed by atoms with E-state index < -0.39 is 47.0 Å². The van der Waals surface area contributed by atoms with Crippen molar-refractivity contribution in [2.75, 3.05) is 16.8 Å². The fraction of sp³-hybridized carbons (Fsp3) is 0.263. The van der Waals surface area contributed by atoms with Gasteiger partial charge in [0.2, 0.25) is 11.8 Å². The van der Waals surface area contributed by atoms with Gasteiger partial charge in [0.05, 0.1) is 28.1 Å². The number of benzene rings is 4. The van der Waals surface area contributed by atoms with Crippen LogP contribution < -0.4 is 19.8 Å². The maximum Gasteiger partial charge on any atom is 0.418 e. The molecule has 0 spiro atoms. The van der Waals surface area contributed by atoms with Crippen LogP contribution in [0, 0.1) is 29.6 Å². The zero-order chi connectivity index (χ0) is 36.1. The summed E-state index contributed by atoms with van der Waals surface area (Å²) in [5.74, 6) is -4.08. The fourth-order valence-corrected chi connectivity index (χ4v) is 12.3. The van der Waals surface area contributed by atoms with Crippen LogP contribution in [-0.4, -0.2) is 34.6 Å². The van der Waals surface area contributed by atoms with E-state index in [-0.39, 0.29) is 40.4 Å². The monoisotopic (exact) mass is 805 g/mol. The number of hydrogen-bond acceptors (Lipinski definition) is 7. The molecular formula is C38H27BrF3N3O5S2. The first-order chi connectivity index (χ1) is 25.0. The van der Waals surface area contributed by atoms with E-state index in [0.29, 0.717) is 28.4 Å². The summed E-state index contributed by atoms with van der Waals surface area (Å²) in [5, 5.41) is 5.27. The van der Waals surface area contributed by atoms with Crippen LogP contribution in [0.5, 0.6) is 5.75 Å². The third-order valence-electron chi connectivity index (χ3n) is 10.9. The summed E-state index contributed by atoms with van der Waals surface area (Å²) in [7, 11) is 0. The third kappa shape index (κ3) is 5.24.